The van der Waals surface area contributed by atoms with Crippen molar-refractivity contribution in [3.63, 3.8) is 0 Å². The highest BCUT2D eigenvalue weighted by Gasteiger charge is 2.40. The molecule has 1 aliphatic heterocycles. The van der Waals surface area contributed by atoms with Gasteiger partial charge in [-0.2, -0.15) is 0 Å². The zero-order chi connectivity index (χ0) is 9.03. The van der Waals surface area contributed by atoms with Gasteiger partial charge < -0.3 is 10.1 Å². The molecule has 1 fully saturated rings. The van der Waals surface area contributed by atoms with Crippen molar-refractivity contribution in [3.8, 4) is 0 Å². The van der Waals surface area contributed by atoms with E-state index in [2.05, 4.69) is 11.9 Å². The number of alkyl halides is 1. The molecule has 12 heavy (non-hydrogen) atoms. The minimum Gasteiger partial charge on any atom is -0.378 e. The van der Waals surface area contributed by atoms with Gasteiger partial charge in [-0.25, -0.2) is 4.39 Å². The van der Waals surface area contributed by atoms with Gasteiger partial charge in [0.25, 0.3) is 0 Å². The van der Waals surface area contributed by atoms with Crippen LogP contribution in [0.15, 0.2) is 12.7 Å². The molecule has 0 aromatic heterocycles. The number of hydrogen-bond acceptors (Lipinski definition) is 2. The van der Waals surface area contributed by atoms with Crippen LogP contribution in [-0.2, 0) is 4.74 Å². The molecule has 0 saturated carbocycles. The largest absolute Gasteiger partial charge is 0.378 e. The Morgan fingerprint density at radius 3 is 3.17 bits per heavy atom. The van der Waals surface area contributed by atoms with Crippen molar-refractivity contribution in [2.24, 2.45) is 0 Å². The highest BCUT2D eigenvalue weighted by atomic mass is 19.1. The average molecular weight is 173 g/mol. The number of piperidine rings is 1. The van der Waals surface area contributed by atoms with Crippen LogP contribution >= 0.6 is 0 Å². The lowest BCUT2D eigenvalue weighted by atomic mass is 9.89. The minimum absolute atomic E-state index is 0.281. The van der Waals surface area contributed by atoms with Gasteiger partial charge in [-0.3, -0.25) is 0 Å². The van der Waals surface area contributed by atoms with Crippen molar-refractivity contribution in [2.45, 2.75) is 24.6 Å². The Labute approximate surface area is 72.8 Å². The van der Waals surface area contributed by atoms with Crippen molar-refractivity contribution in [1.82, 2.24) is 5.32 Å². The first-order chi connectivity index (χ1) is 5.73. The quantitative estimate of drug-likeness (QED) is 0.649. The summed E-state index contributed by atoms with van der Waals surface area (Å²) in [7, 11) is 1.56. The number of allylic oxidation sites excluding steroid dienone is 1. The molecule has 70 valence electrons. The summed E-state index contributed by atoms with van der Waals surface area (Å²) >= 11 is 0. The molecule has 1 N–H and O–H groups in total. The van der Waals surface area contributed by atoms with Crippen LogP contribution in [0.4, 0.5) is 4.39 Å². The summed E-state index contributed by atoms with van der Waals surface area (Å²) in [5.41, 5.74) is -1.26. The van der Waals surface area contributed by atoms with E-state index in [1.54, 1.807) is 13.2 Å². The molecule has 1 saturated heterocycles. The number of nitrogens with one attached hydrogen (secondary N) is 1. The summed E-state index contributed by atoms with van der Waals surface area (Å²) in [6.07, 6.45) is 2.43. The highest BCUT2D eigenvalue weighted by molar-refractivity contribution is 4.98. The van der Waals surface area contributed by atoms with E-state index in [1.807, 2.05) is 0 Å². The van der Waals surface area contributed by atoms with Crippen molar-refractivity contribution in [3.05, 3.63) is 12.7 Å². The Balaban J connectivity index is 2.61. The van der Waals surface area contributed by atoms with Crippen molar-refractivity contribution in [2.75, 3.05) is 20.2 Å². The maximum Gasteiger partial charge on any atom is 0.152 e. The zero-order valence-corrected chi connectivity index (χ0v) is 7.48. The summed E-state index contributed by atoms with van der Waals surface area (Å²) in [6, 6.07) is 0. The maximum absolute atomic E-state index is 14.0. The zero-order valence-electron chi connectivity index (χ0n) is 7.48. The van der Waals surface area contributed by atoms with Gasteiger partial charge in [0, 0.05) is 20.1 Å². The molecule has 0 radical (unpaired) electrons. The number of rotatable bonds is 3. The van der Waals surface area contributed by atoms with Crippen LogP contribution in [-0.4, -0.2) is 32.0 Å². The molecule has 0 bridgehead atoms. The Morgan fingerprint density at radius 1 is 1.83 bits per heavy atom. The number of hydrogen-bond donors (Lipinski definition) is 1. The van der Waals surface area contributed by atoms with Gasteiger partial charge in [-0.1, -0.05) is 6.08 Å². The fourth-order valence-electron chi connectivity index (χ4n) is 1.67. The highest BCUT2D eigenvalue weighted by Crippen LogP contribution is 2.27. The first kappa shape index (κ1) is 9.68. The lowest BCUT2D eigenvalue weighted by Gasteiger charge is -2.36. The molecule has 3 heteroatoms. The topological polar surface area (TPSA) is 21.3 Å². The molecular weight excluding hydrogens is 157 g/mol. The van der Waals surface area contributed by atoms with E-state index in [9.17, 15) is 4.39 Å². The molecule has 0 aromatic carbocycles. The van der Waals surface area contributed by atoms with Gasteiger partial charge in [0.15, 0.2) is 5.67 Å². The Kier molecular flexibility index (Phi) is 3.23. The Bertz CT molecular complexity index is 163. The van der Waals surface area contributed by atoms with Crippen LogP contribution in [0.3, 0.4) is 0 Å². The van der Waals surface area contributed by atoms with E-state index in [4.69, 9.17) is 4.74 Å². The Morgan fingerprint density at radius 2 is 2.58 bits per heavy atom. The third-order valence-corrected chi connectivity index (χ3v) is 2.35. The maximum atomic E-state index is 14.0. The van der Waals surface area contributed by atoms with Gasteiger partial charge in [0.2, 0.25) is 0 Å². The molecular formula is C9H16FNO. The van der Waals surface area contributed by atoms with Gasteiger partial charge in [0.1, 0.15) is 0 Å². The average Bonchev–Trinajstić information content (AvgIpc) is 2.05. The lowest BCUT2D eigenvalue weighted by molar-refractivity contribution is -0.0538. The van der Waals surface area contributed by atoms with Gasteiger partial charge >= 0.3 is 0 Å². The Hall–Kier alpha value is -0.410. The molecule has 1 heterocycles. The third-order valence-electron chi connectivity index (χ3n) is 2.35. The van der Waals surface area contributed by atoms with Crippen LogP contribution < -0.4 is 5.32 Å². The fourth-order valence-corrected chi connectivity index (χ4v) is 1.67. The van der Waals surface area contributed by atoms with E-state index >= 15 is 0 Å². The smallest absolute Gasteiger partial charge is 0.152 e. The second kappa shape index (κ2) is 4.01. The number of ether oxygens (including phenoxy) is 1. The normalized spacial score (nSPS) is 36.3. The SMILES string of the molecule is C=CCC1(F)CNCCC1OC. The molecule has 2 nitrogen and oxygen atoms in total. The van der Waals surface area contributed by atoms with Gasteiger partial charge in [0.05, 0.1) is 6.10 Å². The van der Waals surface area contributed by atoms with E-state index in [1.165, 1.54) is 0 Å². The van der Waals surface area contributed by atoms with Crippen molar-refractivity contribution in [1.29, 1.82) is 0 Å². The molecule has 2 unspecified atom stereocenters. The van der Waals surface area contributed by atoms with Crippen molar-refractivity contribution < 1.29 is 9.13 Å². The van der Waals surface area contributed by atoms with E-state index < -0.39 is 5.67 Å². The van der Waals surface area contributed by atoms with E-state index in [0.29, 0.717) is 13.0 Å². The predicted molar refractivity (Wildman–Crippen MR) is 46.9 cm³/mol. The first-order valence-corrected chi connectivity index (χ1v) is 4.26. The van der Waals surface area contributed by atoms with E-state index in [0.717, 1.165) is 13.0 Å². The van der Waals surface area contributed by atoms with E-state index in [-0.39, 0.29) is 6.10 Å². The molecule has 0 aromatic rings. The van der Waals surface area contributed by atoms with Crippen LogP contribution in [0.2, 0.25) is 0 Å². The van der Waals surface area contributed by atoms with Gasteiger partial charge in [-0.05, 0) is 13.0 Å². The fraction of sp³-hybridized carbons (Fsp3) is 0.778. The van der Waals surface area contributed by atoms with Crippen LogP contribution in [0.1, 0.15) is 12.8 Å². The summed E-state index contributed by atoms with van der Waals surface area (Å²) < 4.78 is 19.1. The molecule has 0 spiro atoms. The molecule has 0 aliphatic carbocycles. The minimum atomic E-state index is -1.26. The van der Waals surface area contributed by atoms with Crippen LogP contribution in [0, 0.1) is 0 Å². The molecule has 2 atom stereocenters. The lowest BCUT2D eigenvalue weighted by Crippen LogP contribution is -2.52. The number of methoxy groups -OCH3 is 1. The van der Waals surface area contributed by atoms with Crippen LogP contribution in [0.25, 0.3) is 0 Å². The molecule has 0 amide bonds. The van der Waals surface area contributed by atoms with Crippen molar-refractivity contribution >= 4 is 0 Å². The van der Waals surface area contributed by atoms with Crippen LogP contribution in [0.5, 0.6) is 0 Å². The van der Waals surface area contributed by atoms with Gasteiger partial charge in [-0.15, -0.1) is 6.58 Å². The molecule has 1 aliphatic rings. The summed E-state index contributed by atoms with van der Waals surface area (Å²) in [5, 5.41) is 3.02. The summed E-state index contributed by atoms with van der Waals surface area (Å²) in [4.78, 5) is 0. The third kappa shape index (κ3) is 1.84. The molecule has 1 rings (SSSR count). The monoisotopic (exact) mass is 173 g/mol. The second-order valence-electron chi connectivity index (χ2n) is 3.22. The second-order valence-corrected chi connectivity index (χ2v) is 3.22. The summed E-state index contributed by atoms with van der Waals surface area (Å²) in [5.74, 6) is 0. The first-order valence-electron chi connectivity index (χ1n) is 4.26. The number of halogens is 1. The summed E-state index contributed by atoms with van der Waals surface area (Å²) in [6.45, 7) is 4.75. The standard InChI is InChI=1S/C9H16FNO/c1-3-5-9(10)7-11-6-4-8(9)12-2/h3,8,11H,1,4-7H2,2H3. The predicted octanol–water partition coefficient (Wildman–Crippen LogP) is 1.28.